The maximum Gasteiger partial charge on any atom is 0.122 e. The normalized spacial score (nSPS) is 10.8. The standard InChI is InChI=1S/C21H36O/c1-3-5-6-7-8-9-10-11-12-15-19-22-21-18-14-13-17-20(21)16-4-2/h13-14,17-18H,3-12,15-16,19H2,1-2H3. The van der Waals surface area contributed by atoms with Gasteiger partial charge in [-0.3, -0.25) is 0 Å². The lowest BCUT2D eigenvalue weighted by atomic mass is 10.1. The molecule has 1 nitrogen and oxygen atoms in total. The maximum absolute atomic E-state index is 5.96. The van der Waals surface area contributed by atoms with Crippen LogP contribution in [0.15, 0.2) is 24.3 Å². The molecule has 0 aliphatic carbocycles. The molecule has 22 heavy (non-hydrogen) atoms. The predicted molar refractivity (Wildman–Crippen MR) is 97.8 cm³/mol. The van der Waals surface area contributed by atoms with E-state index in [2.05, 4.69) is 38.1 Å². The van der Waals surface area contributed by atoms with Crippen molar-refractivity contribution in [1.29, 1.82) is 0 Å². The molecular weight excluding hydrogens is 268 g/mol. The lowest BCUT2D eigenvalue weighted by molar-refractivity contribution is 0.301. The van der Waals surface area contributed by atoms with Crippen LogP contribution in [0.2, 0.25) is 0 Å². The summed E-state index contributed by atoms with van der Waals surface area (Å²) in [7, 11) is 0. The zero-order valence-electron chi connectivity index (χ0n) is 14.9. The molecular formula is C21H36O. The first kappa shape index (κ1) is 19.1. The molecule has 126 valence electrons. The van der Waals surface area contributed by atoms with Crippen LogP contribution in [0.4, 0.5) is 0 Å². The van der Waals surface area contributed by atoms with Crippen molar-refractivity contribution in [2.45, 2.75) is 90.9 Å². The van der Waals surface area contributed by atoms with Gasteiger partial charge in [-0.25, -0.2) is 0 Å². The zero-order chi connectivity index (χ0) is 15.9. The van der Waals surface area contributed by atoms with E-state index < -0.39 is 0 Å². The van der Waals surface area contributed by atoms with Crippen LogP contribution in [0.25, 0.3) is 0 Å². The van der Waals surface area contributed by atoms with E-state index in [1.165, 1.54) is 76.2 Å². The molecule has 0 aliphatic heterocycles. The highest BCUT2D eigenvalue weighted by Crippen LogP contribution is 2.20. The molecule has 1 heteroatoms. The summed E-state index contributed by atoms with van der Waals surface area (Å²) in [6.45, 7) is 5.37. The second-order valence-electron chi connectivity index (χ2n) is 6.39. The second-order valence-corrected chi connectivity index (χ2v) is 6.39. The van der Waals surface area contributed by atoms with E-state index in [0.29, 0.717) is 0 Å². The Balaban J connectivity index is 1.97. The van der Waals surface area contributed by atoms with Gasteiger partial charge in [-0.15, -0.1) is 0 Å². The summed E-state index contributed by atoms with van der Waals surface area (Å²) in [5, 5.41) is 0. The van der Waals surface area contributed by atoms with E-state index in [4.69, 9.17) is 4.74 Å². The van der Waals surface area contributed by atoms with Gasteiger partial charge in [0.15, 0.2) is 0 Å². The van der Waals surface area contributed by atoms with E-state index >= 15 is 0 Å². The molecule has 0 bridgehead atoms. The number of ether oxygens (including phenoxy) is 1. The molecule has 0 N–H and O–H groups in total. The first-order chi connectivity index (χ1) is 10.9. The number of benzene rings is 1. The molecule has 0 amide bonds. The Labute approximate surface area is 138 Å². The molecule has 0 aliphatic rings. The Morgan fingerprint density at radius 1 is 0.682 bits per heavy atom. The summed E-state index contributed by atoms with van der Waals surface area (Å²) >= 11 is 0. The number of aryl methyl sites for hydroxylation is 1. The van der Waals surface area contributed by atoms with Gasteiger partial charge in [-0.1, -0.05) is 96.3 Å². The van der Waals surface area contributed by atoms with Gasteiger partial charge in [0.25, 0.3) is 0 Å². The van der Waals surface area contributed by atoms with Gasteiger partial charge in [0.05, 0.1) is 6.61 Å². The van der Waals surface area contributed by atoms with Crippen LogP contribution < -0.4 is 4.74 Å². The predicted octanol–water partition coefficient (Wildman–Crippen LogP) is 6.94. The van der Waals surface area contributed by atoms with Crippen molar-refractivity contribution in [3.05, 3.63) is 29.8 Å². The van der Waals surface area contributed by atoms with Crippen LogP contribution in [0, 0.1) is 0 Å². The first-order valence-electron chi connectivity index (χ1n) is 9.59. The summed E-state index contributed by atoms with van der Waals surface area (Å²) in [6.07, 6.45) is 16.1. The van der Waals surface area contributed by atoms with Gasteiger partial charge >= 0.3 is 0 Å². The SMILES string of the molecule is CCCCCCCCCCCCOc1ccccc1CCC. The third kappa shape index (κ3) is 9.12. The Kier molecular flexibility index (Phi) is 11.8. The lowest BCUT2D eigenvalue weighted by Gasteiger charge is -2.10. The molecule has 0 spiro atoms. The summed E-state index contributed by atoms with van der Waals surface area (Å²) < 4.78 is 5.96. The van der Waals surface area contributed by atoms with E-state index in [1.807, 2.05) is 0 Å². The molecule has 0 saturated carbocycles. The molecule has 0 aromatic heterocycles. The highest BCUT2D eigenvalue weighted by atomic mass is 16.5. The monoisotopic (exact) mass is 304 g/mol. The molecule has 0 atom stereocenters. The van der Waals surface area contributed by atoms with Gasteiger partial charge in [0.2, 0.25) is 0 Å². The molecule has 1 aromatic rings. The van der Waals surface area contributed by atoms with Gasteiger partial charge < -0.3 is 4.74 Å². The van der Waals surface area contributed by atoms with E-state index in [0.717, 1.165) is 18.8 Å². The van der Waals surface area contributed by atoms with E-state index in [1.54, 1.807) is 0 Å². The number of rotatable bonds is 14. The van der Waals surface area contributed by atoms with Crippen molar-refractivity contribution in [3.8, 4) is 5.75 Å². The second kappa shape index (κ2) is 13.7. The van der Waals surface area contributed by atoms with Gasteiger partial charge in [-0.2, -0.15) is 0 Å². The molecule has 1 aromatic carbocycles. The number of unbranched alkanes of at least 4 members (excludes halogenated alkanes) is 9. The summed E-state index contributed by atoms with van der Waals surface area (Å²) in [6, 6.07) is 8.49. The van der Waals surface area contributed by atoms with Crippen LogP contribution >= 0.6 is 0 Å². The van der Waals surface area contributed by atoms with Crippen LogP contribution in [0.1, 0.15) is 90.0 Å². The first-order valence-corrected chi connectivity index (χ1v) is 9.59. The van der Waals surface area contributed by atoms with Crippen LogP contribution in [0.5, 0.6) is 5.75 Å². The molecule has 0 unspecified atom stereocenters. The minimum absolute atomic E-state index is 0.872. The van der Waals surface area contributed by atoms with Crippen LogP contribution in [-0.4, -0.2) is 6.61 Å². The Bertz CT molecular complexity index is 359. The quantitative estimate of drug-likeness (QED) is 0.338. The van der Waals surface area contributed by atoms with Crippen molar-refractivity contribution in [1.82, 2.24) is 0 Å². The summed E-state index contributed by atoms with van der Waals surface area (Å²) in [5.41, 5.74) is 1.36. The lowest BCUT2D eigenvalue weighted by Crippen LogP contribution is -2.00. The molecule has 0 heterocycles. The number of para-hydroxylation sites is 1. The van der Waals surface area contributed by atoms with E-state index in [9.17, 15) is 0 Å². The average molecular weight is 305 g/mol. The third-order valence-corrected chi connectivity index (χ3v) is 4.25. The fourth-order valence-electron chi connectivity index (χ4n) is 2.89. The minimum atomic E-state index is 0.872. The van der Waals surface area contributed by atoms with Gasteiger partial charge in [-0.05, 0) is 24.5 Å². The summed E-state index contributed by atoms with van der Waals surface area (Å²) in [5.74, 6) is 1.10. The van der Waals surface area contributed by atoms with Gasteiger partial charge in [0, 0.05) is 0 Å². The Morgan fingerprint density at radius 3 is 1.91 bits per heavy atom. The van der Waals surface area contributed by atoms with Crippen molar-refractivity contribution in [2.24, 2.45) is 0 Å². The Morgan fingerprint density at radius 2 is 1.27 bits per heavy atom. The minimum Gasteiger partial charge on any atom is -0.493 e. The third-order valence-electron chi connectivity index (χ3n) is 4.25. The molecule has 1 rings (SSSR count). The van der Waals surface area contributed by atoms with Crippen molar-refractivity contribution < 1.29 is 4.74 Å². The fourth-order valence-corrected chi connectivity index (χ4v) is 2.89. The molecule has 0 fully saturated rings. The van der Waals surface area contributed by atoms with Crippen molar-refractivity contribution >= 4 is 0 Å². The average Bonchev–Trinajstić information content (AvgIpc) is 2.54. The fraction of sp³-hybridized carbons (Fsp3) is 0.714. The molecule has 0 saturated heterocycles. The number of hydrogen-bond acceptors (Lipinski definition) is 1. The maximum atomic E-state index is 5.96. The largest absolute Gasteiger partial charge is 0.493 e. The zero-order valence-corrected chi connectivity index (χ0v) is 14.9. The highest BCUT2D eigenvalue weighted by Gasteiger charge is 2.01. The van der Waals surface area contributed by atoms with E-state index in [-0.39, 0.29) is 0 Å². The highest BCUT2D eigenvalue weighted by molar-refractivity contribution is 5.33. The van der Waals surface area contributed by atoms with Crippen molar-refractivity contribution in [3.63, 3.8) is 0 Å². The van der Waals surface area contributed by atoms with Crippen molar-refractivity contribution in [2.75, 3.05) is 6.61 Å². The summed E-state index contributed by atoms with van der Waals surface area (Å²) in [4.78, 5) is 0. The smallest absolute Gasteiger partial charge is 0.122 e. The Hall–Kier alpha value is -0.980. The van der Waals surface area contributed by atoms with Gasteiger partial charge in [0.1, 0.15) is 5.75 Å². The molecule has 0 radical (unpaired) electrons. The number of hydrogen-bond donors (Lipinski definition) is 0. The van der Waals surface area contributed by atoms with Crippen LogP contribution in [-0.2, 0) is 6.42 Å². The topological polar surface area (TPSA) is 9.23 Å². The van der Waals surface area contributed by atoms with Crippen LogP contribution in [0.3, 0.4) is 0 Å².